The summed E-state index contributed by atoms with van der Waals surface area (Å²) in [5.74, 6) is 0. The average molecular weight is 154 g/mol. The van der Waals surface area contributed by atoms with Crippen LogP contribution in [0.2, 0.25) is 0 Å². The third-order valence-corrected chi connectivity index (χ3v) is 0.826. The summed E-state index contributed by atoms with van der Waals surface area (Å²) < 4.78 is 35.0. The minimum absolute atomic E-state index is 0. The van der Waals surface area contributed by atoms with Crippen molar-refractivity contribution in [2.75, 3.05) is 0 Å². The van der Waals surface area contributed by atoms with E-state index in [1.54, 1.807) is 0 Å². The van der Waals surface area contributed by atoms with Gasteiger partial charge < -0.3 is 9.97 Å². The van der Waals surface area contributed by atoms with Crippen molar-refractivity contribution in [3.8, 4) is 0 Å². The molecule has 0 saturated heterocycles. The number of halogens is 3. The number of hydrogen-bond acceptors (Lipinski definition) is 2. The van der Waals surface area contributed by atoms with Crippen LogP contribution in [0, 0.1) is 6.33 Å². The molecule has 0 fully saturated rings. The van der Waals surface area contributed by atoms with Crippen LogP contribution in [0.15, 0.2) is 12.3 Å². The fourth-order valence-electron chi connectivity index (χ4n) is 0.419. The van der Waals surface area contributed by atoms with Crippen molar-refractivity contribution in [1.82, 2.24) is 9.97 Å². The van der Waals surface area contributed by atoms with Crippen molar-refractivity contribution in [3.63, 3.8) is 0 Å². The molecule has 0 unspecified atom stereocenters. The Balaban J connectivity index is 0.000001000. The van der Waals surface area contributed by atoms with Crippen molar-refractivity contribution in [2.24, 2.45) is 0 Å². The second-order valence-electron chi connectivity index (χ2n) is 1.54. The van der Waals surface area contributed by atoms with E-state index in [2.05, 4.69) is 9.97 Å². The molecule has 1 rings (SSSR count). The van der Waals surface area contributed by atoms with Crippen LogP contribution in [-0.4, -0.2) is 9.97 Å². The molecule has 0 saturated carbocycles. The van der Waals surface area contributed by atoms with Crippen LogP contribution in [0.1, 0.15) is 5.69 Å². The molecule has 0 amide bonds. The van der Waals surface area contributed by atoms with Gasteiger partial charge in [-0.25, -0.2) is 0 Å². The van der Waals surface area contributed by atoms with Gasteiger partial charge in [-0.05, 0) is 0 Å². The van der Waals surface area contributed by atoms with Gasteiger partial charge in [0, 0.05) is 12.0 Å². The van der Waals surface area contributed by atoms with Crippen LogP contribution in [0.5, 0.6) is 0 Å². The van der Waals surface area contributed by atoms with E-state index in [4.69, 9.17) is 0 Å². The zero-order valence-corrected chi connectivity index (χ0v) is 5.68. The first kappa shape index (κ1) is 10.5. The van der Waals surface area contributed by atoms with Crippen LogP contribution in [0.25, 0.3) is 0 Å². The Hall–Kier alpha value is -0.533. The van der Waals surface area contributed by atoms with Gasteiger partial charge >= 0.3 is 25.0 Å². The molecule has 2 nitrogen and oxygen atoms in total. The molecule has 0 aliphatic heterocycles. The van der Waals surface area contributed by atoms with Gasteiger partial charge in [-0.2, -0.15) is 13.2 Å². The molecule has 1 aromatic heterocycles. The molecule has 0 aliphatic carbocycles. The molecular weight excluding hydrogens is 152 g/mol. The molecule has 0 atom stereocenters. The molecule has 0 aromatic carbocycles. The first-order valence-corrected chi connectivity index (χ1v) is 2.37. The molecule has 11 heavy (non-hydrogen) atoms. The zero-order chi connectivity index (χ0) is 7.61. The topological polar surface area (TPSA) is 25.8 Å². The van der Waals surface area contributed by atoms with Gasteiger partial charge in [0.05, 0.1) is 0 Å². The first-order chi connectivity index (χ1) is 4.61. The molecule has 1 heterocycles. The van der Waals surface area contributed by atoms with E-state index in [-0.39, 0.29) is 18.9 Å². The first-order valence-electron chi connectivity index (χ1n) is 2.37. The molecule has 6 heteroatoms. The summed E-state index contributed by atoms with van der Waals surface area (Å²) in [6.45, 7) is 0. The maximum atomic E-state index is 11.7. The summed E-state index contributed by atoms with van der Waals surface area (Å²) in [6.07, 6.45) is -1.55. The quantitative estimate of drug-likeness (QED) is 0.329. The summed E-state index contributed by atoms with van der Waals surface area (Å²) in [5.41, 5.74) is -0.970. The summed E-state index contributed by atoms with van der Waals surface area (Å²) in [5, 5.41) is 0. The average Bonchev–Trinajstić information content (AvgIpc) is 1.88. The number of hydrogen-bond donors (Lipinski definition) is 0. The molecule has 0 bridgehead atoms. The van der Waals surface area contributed by atoms with Gasteiger partial charge in [-0.15, -0.1) is 6.07 Å². The summed E-state index contributed by atoms with van der Waals surface area (Å²) in [4.78, 5) is 6.11. The Morgan fingerprint density at radius 1 is 1.36 bits per heavy atom. The van der Waals surface area contributed by atoms with Crippen molar-refractivity contribution in [1.29, 1.82) is 0 Å². The van der Waals surface area contributed by atoms with Gasteiger partial charge in [0.25, 0.3) is 0 Å². The third-order valence-electron chi connectivity index (χ3n) is 0.826. The van der Waals surface area contributed by atoms with Gasteiger partial charge in [-0.1, -0.05) is 6.20 Å². The summed E-state index contributed by atoms with van der Waals surface area (Å²) in [6, 6.07) is 0.788. The molecule has 1 aromatic rings. The molecule has 0 radical (unpaired) electrons. The number of rotatable bonds is 0. The van der Waals surface area contributed by atoms with E-state index >= 15 is 0 Å². The van der Waals surface area contributed by atoms with Crippen LogP contribution in [0.4, 0.5) is 13.2 Å². The van der Waals surface area contributed by atoms with Crippen LogP contribution < -0.4 is 18.9 Å². The van der Waals surface area contributed by atoms with Crippen LogP contribution in [0.3, 0.4) is 0 Å². The fourth-order valence-corrected chi connectivity index (χ4v) is 0.419. The number of aromatic nitrogens is 2. The summed E-state index contributed by atoms with van der Waals surface area (Å²) in [7, 11) is 0. The van der Waals surface area contributed by atoms with Gasteiger partial charge in [0.15, 0.2) is 0 Å². The van der Waals surface area contributed by atoms with Crippen molar-refractivity contribution >= 4 is 0 Å². The van der Waals surface area contributed by atoms with Gasteiger partial charge in [-0.3, -0.25) is 0 Å². The second-order valence-corrected chi connectivity index (χ2v) is 1.54. The van der Waals surface area contributed by atoms with Crippen molar-refractivity contribution < 1.29 is 32.0 Å². The Labute approximate surface area is 73.0 Å². The standard InChI is InChI=1S/C5H2F3N2.Li/c6-5(7,8)4-1-2-9-3-10-4;/h1-2H;/q-1;+1. The number of alkyl halides is 3. The normalized spacial score (nSPS) is 10.5. The number of nitrogens with zero attached hydrogens (tertiary/aromatic N) is 2. The van der Waals surface area contributed by atoms with E-state index < -0.39 is 11.9 Å². The van der Waals surface area contributed by atoms with Crippen molar-refractivity contribution in [2.45, 2.75) is 6.18 Å². The molecule has 0 spiro atoms. The molecular formula is C5H2F3LiN2. The fraction of sp³-hybridized carbons (Fsp3) is 0.200. The largest absolute Gasteiger partial charge is 1.00 e. The smallest absolute Gasteiger partial charge is 0.374 e. The molecule has 54 valence electrons. The second kappa shape index (κ2) is 3.74. The Kier molecular flexibility index (Phi) is 3.56. The minimum atomic E-state index is -4.39. The van der Waals surface area contributed by atoms with E-state index in [1.165, 1.54) is 0 Å². The predicted octanol–water partition coefficient (Wildman–Crippen LogP) is -1.70. The van der Waals surface area contributed by atoms with E-state index in [1.807, 2.05) is 6.33 Å². The Morgan fingerprint density at radius 3 is 2.27 bits per heavy atom. The van der Waals surface area contributed by atoms with Gasteiger partial charge in [0.2, 0.25) is 0 Å². The van der Waals surface area contributed by atoms with Crippen molar-refractivity contribution in [3.05, 3.63) is 24.3 Å². The van der Waals surface area contributed by atoms with Crippen LogP contribution in [-0.2, 0) is 6.18 Å². The monoisotopic (exact) mass is 154 g/mol. The summed E-state index contributed by atoms with van der Waals surface area (Å²) >= 11 is 0. The van der Waals surface area contributed by atoms with E-state index in [0.717, 1.165) is 12.3 Å². The third kappa shape index (κ3) is 2.91. The minimum Gasteiger partial charge on any atom is -0.374 e. The van der Waals surface area contributed by atoms with Gasteiger partial charge in [0.1, 0.15) is 0 Å². The van der Waals surface area contributed by atoms with E-state index in [0.29, 0.717) is 0 Å². The van der Waals surface area contributed by atoms with Crippen LogP contribution >= 0.6 is 0 Å². The predicted molar refractivity (Wildman–Crippen MR) is 25.9 cm³/mol. The zero-order valence-electron chi connectivity index (χ0n) is 5.68. The van der Waals surface area contributed by atoms with E-state index in [9.17, 15) is 13.2 Å². The maximum absolute atomic E-state index is 11.7. The Morgan fingerprint density at radius 2 is 2.00 bits per heavy atom. The molecule has 0 N–H and O–H groups in total. The maximum Gasteiger partial charge on any atom is 1.00 e. The Bertz CT molecular complexity index is 211. The SMILES string of the molecule is FC(F)(F)c1ccn[c-]n1.[Li+]. The molecule has 0 aliphatic rings.